The zero-order valence-corrected chi connectivity index (χ0v) is 13.3. The van der Waals surface area contributed by atoms with E-state index in [-0.39, 0.29) is 16.5 Å². The molecule has 0 saturated heterocycles. The van der Waals surface area contributed by atoms with Crippen LogP contribution >= 0.6 is 11.6 Å². The first-order chi connectivity index (χ1) is 11.5. The molecule has 24 heavy (non-hydrogen) atoms. The van der Waals surface area contributed by atoms with Crippen molar-refractivity contribution in [3.05, 3.63) is 65.0 Å². The van der Waals surface area contributed by atoms with Crippen LogP contribution in [0.4, 0.5) is 10.1 Å². The second-order valence-electron chi connectivity index (χ2n) is 4.89. The quantitative estimate of drug-likeness (QED) is 0.784. The molecule has 1 aromatic carbocycles. The average molecular weight is 347 g/mol. The number of rotatable bonds is 4. The van der Waals surface area contributed by atoms with Crippen molar-refractivity contribution in [3.63, 3.8) is 0 Å². The first-order valence-electron chi connectivity index (χ1n) is 6.96. The highest BCUT2D eigenvalue weighted by atomic mass is 35.5. The van der Waals surface area contributed by atoms with Crippen LogP contribution in [0, 0.1) is 12.7 Å². The molecule has 0 spiro atoms. The Balaban J connectivity index is 1.79. The van der Waals surface area contributed by atoms with E-state index < -0.39 is 11.7 Å². The number of carbonyl (C=O) groups is 1. The van der Waals surface area contributed by atoms with Crippen LogP contribution in [0.3, 0.4) is 0 Å². The van der Waals surface area contributed by atoms with Gasteiger partial charge in [0.05, 0.1) is 29.1 Å². The van der Waals surface area contributed by atoms with Crippen LogP contribution < -0.4 is 5.32 Å². The van der Waals surface area contributed by atoms with Crippen LogP contribution in [0.1, 0.15) is 22.1 Å². The van der Waals surface area contributed by atoms with E-state index in [1.807, 2.05) is 0 Å². The lowest BCUT2D eigenvalue weighted by atomic mass is 10.3. The Hall–Kier alpha value is -2.87. The maximum Gasteiger partial charge on any atom is 0.295 e. The molecular formula is C15H12ClFN6O. The maximum absolute atomic E-state index is 13.8. The van der Waals surface area contributed by atoms with Crippen LogP contribution in [0.25, 0.3) is 0 Å². The van der Waals surface area contributed by atoms with Gasteiger partial charge in [-0.3, -0.25) is 14.8 Å². The molecule has 0 saturated carbocycles. The number of halogens is 2. The first kappa shape index (κ1) is 16.0. The summed E-state index contributed by atoms with van der Waals surface area (Å²) in [5.41, 5.74) is 0.647. The molecule has 0 aliphatic carbocycles. The van der Waals surface area contributed by atoms with Gasteiger partial charge in [0.25, 0.3) is 5.91 Å². The van der Waals surface area contributed by atoms with Crippen LogP contribution in [0.5, 0.6) is 0 Å². The van der Waals surface area contributed by atoms with Gasteiger partial charge in [0.1, 0.15) is 5.82 Å². The summed E-state index contributed by atoms with van der Waals surface area (Å²) < 4.78 is 15.4. The highest BCUT2D eigenvalue weighted by Gasteiger charge is 2.17. The molecule has 3 aromatic rings. The summed E-state index contributed by atoms with van der Waals surface area (Å²) >= 11 is 5.69. The normalized spacial score (nSPS) is 10.6. The average Bonchev–Trinajstić information content (AvgIpc) is 2.94. The monoisotopic (exact) mass is 346 g/mol. The fourth-order valence-electron chi connectivity index (χ4n) is 2.01. The van der Waals surface area contributed by atoms with Crippen molar-refractivity contribution in [3.8, 4) is 0 Å². The summed E-state index contributed by atoms with van der Waals surface area (Å²) in [7, 11) is 0. The van der Waals surface area contributed by atoms with E-state index in [9.17, 15) is 9.18 Å². The zero-order valence-electron chi connectivity index (χ0n) is 12.6. The van der Waals surface area contributed by atoms with E-state index in [0.717, 1.165) is 0 Å². The van der Waals surface area contributed by atoms with Gasteiger partial charge in [-0.1, -0.05) is 17.7 Å². The van der Waals surface area contributed by atoms with Crippen LogP contribution in [-0.2, 0) is 6.54 Å². The lowest BCUT2D eigenvalue weighted by Gasteiger charge is -2.04. The molecule has 2 heterocycles. The molecule has 3 rings (SSSR count). The number of benzene rings is 1. The van der Waals surface area contributed by atoms with Crippen LogP contribution in [0.15, 0.2) is 36.8 Å². The third-order valence-electron chi connectivity index (χ3n) is 3.19. The Kier molecular flexibility index (Phi) is 4.48. The Morgan fingerprint density at radius 3 is 2.96 bits per heavy atom. The molecule has 9 heteroatoms. The van der Waals surface area contributed by atoms with Gasteiger partial charge in [0, 0.05) is 12.4 Å². The molecule has 0 bridgehead atoms. The predicted octanol–water partition coefficient (Wildman–Crippen LogP) is 2.47. The van der Waals surface area contributed by atoms with Gasteiger partial charge >= 0.3 is 0 Å². The van der Waals surface area contributed by atoms with E-state index in [2.05, 4.69) is 25.4 Å². The molecule has 0 aliphatic heterocycles. The maximum atomic E-state index is 13.8. The fraction of sp³-hybridized carbons (Fsp3) is 0.133. The van der Waals surface area contributed by atoms with Crippen molar-refractivity contribution in [2.75, 3.05) is 5.32 Å². The molecule has 1 amide bonds. The topological polar surface area (TPSA) is 85.6 Å². The SMILES string of the molecule is Cc1nc(C(=O)Nc2cccc(Cl)c2F)nn1Cc1cnccn1. The third-order valence-corrected chi connectivity index (χ3v) is 3.48. The number of amides is 1. The van der Waals surface area contributed by atoms with E-state index >= 15 is 0 Å². The number of aromatic nitrogens is 5. The standard InChI is InChI=1S/C15H12ClFN6O/c1-9-20-14(22-23(9)8-10-7-18-5-6-19-10)15(24)21-12-4-2-3-11(16)13(12)17/h2-7H,8H2,1H3,(H,21,24). The largest absolute Gasteiger partial charge is 0.317 e. The van der Waals surface area contributed by atoms with Crippen molar-refractivity contribution >= 4 is 23.2 Å². The number of aryl methyl sites for hydroxylation is 1. The molecule has 0 atom stereocenters. The summed E-state index contributed by atoms with van der Waals surface area (Å²) in [5, 5.41) is 6.45. The van der Waals surface area contributed by atoms with Gasteiger partial charge in [-0.05, 0) is 19.1 Å². The Morgan fingerprint density at radius 2 is 2.21 bits per heavy atom. The summed E-state index contributed by atoms with van der Waals surface area (Å²) in [5.74, 6) is -0.881. The second kappa shape index (κ2) is 6.71. The molecule has 122 valence electrons. The van der Waals surface area contributed by atoms with E-state index in [4.69, 9.17) is 11.6 Å². The highest BCUT2D eigenvalue weighted by Crippen LogP contribution is 2.22. The summed E-state index contributed by atoms with van der Waals surface area (Å²) in [6.45, 7) is 2.03. The van der Waals surface area contributed by atoms with Crippen molar-refractivity contribution in [2.24, 2.45) is 0 Å². The molecule has 0 aliphatic rings. The molecular weight excluding hydrogens is 335 g/mol. The molecule has 2 aromatic heterocycles. The van der Waals surface area contributed by atoms with Gasteiger partial charge in [-0.15, -0.1) is 5.10 Å². The van der Waals surface area contributed by atoms with Crippen molar-refractivity contribution in [1.29, 1.82) is 0 Å². The van der Waals surface area contributed by atoms with Gasteiger partial charge in [-0.25, -0.2) is 14.1 Å². The highest BCUT2D eigenvalue weighted by molar-refractivity contribution is 6.31. The molecule has 0 unspecified atom stereocenters. The minimum atomic E-state index is -0.705. The first-order valence-corrected chi connectivity index (χ1v) is 7.34. The Labute approximate surface area is 141 Å². The van der Waals surface area contributed by atoms with Gasteiger partial charge in [0.15, 0.2) is 5.82 Å². The van der Waals surface area contributed by atoms with Gasteiger partial charge in [-0.2, -0.15) is 0 Å². The number of nitrogens with zero attached hydrogens (tertiary/aromatic N) is 5. The van der Waals surface area contributed by atoms with Crippen LogP contribution in [-0.4, -0.2) is 30.6 Å². The van der Waals surface area contributed by atoms with Crippen LogP contribution in [0.2, 0.25) is 5.02 Å². The Bertz CT molecular complexity index is 883. The fourth-order valence-corrected chi connectivity index (χ4v) is 2.18. The number of anilines is 1. The third kappa shape index (κ3) is 3.38. The number of nitrogens with one attached hydrogen (secondary N) is 1. The van der Waals surface area contributed by atoms with E-state index in [1.165, 1.54) is 22.9 Å². The lowest BCUT2D eigenvalue weighted by Crippen LogP contribution is -2.15. The van der Waals surface area contributed by atoms with E-state index in [1.54, 1.807) is 25.5 Å². The molecule has 1 N–H and O–H groups in total. The zero-order chi connectivity index (χ0) is 17.1. The molecule has 7 nitrogen and oxygen atoms in total. The lowest BCUT2D eigenvalue weighted by molar-refractivity contribution is 0.101. The second-order valence-corrected chi connectivity index (χ2v) is 5.30. The summed E-state index contributed by atoms with van der Waals surface area (Å²) in [4.78, 5) is 24.4. The minimum Gasteiger partial charge on any atom is -0.317 e. The molecule has 0 fully saturated rings. The van der Waals surface area contributed by atoms with Gasteiger partial charge < -0.3 is 5.32 Å². The van der Waals surface area contributed by atoms with Crippen molar-refractivity contribution < 1.29 is 9.18 Å². The van der Waals surface area contributed by atoms with Gasteiger partial charge in [0.2, 0.25) is 5.82 Å². The predicted molar refractivity (Wildman–Crippen MR) is 85.3 cm³/mol. The van der Waals surface area contributed by atoms with Crippen molar-refractivity contribution in [2.45, 2.75) is 13.5 Å². The summed E-state index contributed by atoms with van der Waals surface area (Å²) in [6, 6.07) is 4.33. The number of carbonyl (C=O) groups excluding carboxylic acids is 1. The number of hydrogen-bond acceptors (Lipinski definition) is 5. The minimum absolute atomic E-state index is 0.0320. The number of hydrogen-bond donors (Lipinski definition) is 1. The van der Waals surface area contributed by atoms with E-state index in [0.29, 0.717) is 18.1 Å². The molecule has 0 radical (unpaired) electrons. The smallest absolute Gasteiger partial charge is 0.295 e. The Morgan fingerprint density at radius 1 is 1.38 bits per heavy atom. The summed E-state index contributed by atoms with van der Waals surface area (Å²) in [6.07, 6.45) is 4.73. The van der Waals surface area contributed by atoms with Crippen molar-refractivity contribution in [1.82, 2.24) is 24.7 Å².